The molecule has 0 saturated carbocycles. The summed E-state index contributed by atoms with van der Waals surface area (Å²) in [5, 5.41) is 7.07. The third-order valence-corrected chi connectivity index (χ3v) is 4.67. The van der Waals surface area contributed by atoms with Crippen molar-refractivity contribution in [1.29, 1.82) is 0 Å². The maximum atomic E-state index is 11.9. The first-order chi connectivity index (χ1) is 11.2. The van der Waals surface area contributed by atoms with Crippen LogP contribution in [0.2, 0.25) is 0 Å². The Morgan fingerprint density at radius 1 is 1.26 bits per heavy atom. The third-order valence-electron chi connectivity index (χ3n) is 3.08. The van der Waals surface area contributed by atoms with Gasteiger partial charge in [-0.05, 0) is 39.7 Å². The number of rotatable bonds is 5. The van der Waals surface area contributed by atoms with Crippen molar-refractivity contribution >= 4 is 44.9 Å². The molecule has 0 aliphatic heterocycles. The lowest BCUT2D eigenvalue weighted by Crippen LogP contribution is -2.07. The van der Waals surface area contributed by atoms with Gasteiger partial charge in [-0.15, -0.1) is 11.3 Å². The van der Waals surface area contributed by atoms with Gasteiger partial charge in [-0.2, -0.15) is 5.10 Å². The predicted molar refractivity (Wildman–Crippen MR) is 97.5 cm³/mol. The molecule has 0 atom stereocenters. The second-order valence-electron chi connectivity index (χ2n) is 4.88. The van der Waals surface area contributed by atoms with Crippen LogP contribution in [0.4, 0.5) is 5.69 Å². The number of thiophene rings is 1. The number of aromatic nitrogens is 2. The Morgan fingerprint density at radius 2 is 2.09 bits per heavy atom. The molecule has 0 radical (unpaired) electrons. The molecule has 1 amide bonds. The van der Waals surface area contributed by atoms with E-state index in [1.807, 2.05) is 48.7 Å². The lowest BCUT2D eigenvalue weighted by atomic mass is 10.2. The first kappa shape index (κ1) is 15.7. The molecule has 0 aliphatic carbocycles. The second-order valence-corrected chi connectivity index (χ2v) is 7.37. The fourth-order valence-corrected chi connectivity index (χ4v) is 3.37. The number of hydrogen-bond donors (Lipinski definition) is 1. The Kier molecular flexibility index (Phi) is 5.05. The molecule has 1 aromatic carbocycles. The van der Waals surface area contributed by atoms with E-state index in [1.54, 1.807) is 28.3 Å². The Labute approximate surface area is 146 Å². The average molecular weight is 388 g/mol. The highest BCUT2D eigenvalue weighted by Gasteiger charge is 2.03. The zero-order valence-electron chi connectivity index (χ0n) is 12.1. The molecule has 0 aliphatic rings. The van der Waals surface area contributed by atoms with E-state index < -0.39 is 0 Å². The number of amides is 1. The summed E-state index contributed by atoms with van der Waals surface area (Å²) in [6, 6.07) is 14.0. The van der Waals surface area contributed by atoms with Crippen LogP contribution in [0.3, 0.4) is 0 Å². The summed E-state index contributed by atoms with van der Waals surface area (Å²) in [5.74, 6) is -0.172. The lowest BCUT2D eigenvalue weighted by molar-refractivity contribution is -0.111. The summed E-state index contributed by atoms with van der Waals surface area (Å²) < 4.78 is 2.84. The van der Waals surface area contributed by atoms with Crippen LogP contribution >= 0.6 is 27.3 Å². The standard InChI is InChI=1S/C17H14BrN3OS/c18-16-8-6-15(23-16)7-9-17(22)20-14-10-19-21(12-14)11-13-4-2-1-3-5-13/h1-10,12H,11H2,(H,20,22)/b9-7+. The van der Waals surface area contributed by atoms with Crippen LogP contribution in [0.1, 0.15) is 10.4 Å². The van der Waals surface area contributed by atoms with E-state index in [0.29, 0.717) is 12.2 Å². The Morgan fingerprint density at radius 3 is 2.83 bits per heavy atom. The number of anilines is 1. The fourth-order valence-electron chi connectivity index (χ4n) is 2.04. The van der Waals surface area contributed by atoms with Gasteiger partial charge in [0.25, 0.3) is 0 Å². The molecular weight excluding hydrogens is 374 g/mol. The molecule has 23 heavy (non-hydrogen) atoms. The van der Waals surface area contributed by atoms with Crippen molar-refractivity contribution in [1.82, 2.24) is 9.78 Å². The minimum absolute atomic E-state index is 0.172. The Bertz CT molecular complexity index is 823. The monoisotopic (exact) mass is 387 g/mol. The van der Waals surface area contributed by atoms with E-state index >= 15 is 0 Å². The predicted octanol–water partition coefficient (Wildman–Crippen LogP) is 4.41. The molecule has 0 bridgehead atoms. The lowest BCUT2D eigenvalue weighted by Gasteiger charge is -2.01. The molecule has 2 aromatic heterocycles. The van der Waals surface area contributed by atoms with E-state index in [9.17, 15) is 4.79 Å². The molecule has 0 spiro atoms. The van der Waals surface area contributed by atoms with Gasteiger partial charge in [-0.25, -0.2) is 0 Å². The van der Waals surface area contributed by atoms with Crippen molar-refractivity contribution in [2.75, 3.05) is 5.32 Å². The minimum atomic E-state index is -0.172. The van der Waals surface area contributed by atoms with Crippen LogP contribution in [0.15, 0.2) is 64.7 Å². The quantitative estimate of drug-likeness (QED) is 0.659. The molecule has 3 rings (SSSR count). The van der Waals surface area contributed by atoms with Crippen LogP contribution in [-0.4, -0.2) is 15.7 Å². The summed E-state index contributed by atoms with van der Waals surface area (Å²) in [6.07, 6.45) is 6.78. The van der Waals surface area contributed by atoms with Crippen molar-refractivity contribution in [2.24, 2.45) is 0 Å². The molecule has 2 heterocycles. The topological polar surface area (TPSA) is 46.9 Å². The highest BCUT2D eigenvalue weighted by atomic mass is 79.9. The molecule has 1 N–H and O–H groups in total. The van der Waals surface area contributed by atoms with E-state index in [4.69, 9.17) is 0 Å². The van der Waals surface area contributed by atoms with Crippen LogP contribution in [0, 0.1) is 0 Å². The van der Waals surface area contributed by atoms with Gasteiger partial charge >= 0.3 is 0 Å². The summed E-state index contributed by atoms with van der Waals surface area (Å²) in [4.78, 5) is 12.9. The molecule has 0 unspecified atom stereocenters. The van der Waals surface area contributed by atoms with Crippen LogP contribution < -0.4 is 5.32 Å². The highest BCUT2D eigenvalue weighted by Crippen LogP contribution is 2.23. The number of benzene rings is 1. The zero-order chi connectivity index (χ0) is 16.1. The van der Waals surface area contributed by atoms with Crippen LogP contribution in [0.25, 0.3) is 6.08 Å². The van der Waals surface area contributed by atoms with Gasteiger partial charge in [0.2, 0.25) is 5.91 Å². The third kappa shape index (κ3) is 4.64. The maximum absolute atomic E-state index is 11.9. The summed E-state index contributed by atoms with van der Waals surface area (Å²) in [5.41, 5.74) is 1.85. The smallest absolute Gasteiger partial charge is 0.248 e. The van der Waals surface area contributed by atoms with Crippen molar-refractivity contribution in [3.8, 4) is 0 Å². The van der Waals surface area contributed by atoms with Gasteiger partial charge in [0.1, 0.15) is 0 Å². The van der Waals surface area contributed by atoms with Gasteiger partial charge in [0.15, 0.2) is 0 Å². The number of hydrogen-bond acceptors (Lipinski definition) is 3. The van der Waals surface area contributed by atoms with Gasteiger partial charge in [-0.1, -0.05) is 30.3 Å². The SMILES string of the molecule is O=C(/C=C/c1ccc(Br)s1)Nc1cnn(Cc2ccccc2)c1. The minimum Gasteiger partial charge on any atom is -0.320 e. The van der Waals surface area contributed by atoms with Crippen molar-refractivity contribution in [3.05, 3.63) is 75.2 Å². The fraction of sp³-hybridized carbons (Fsp3) is 0.0588. The Hall–Kier alpha value is -2.18. The summed E-state index contributed by atoms with van der Waals surface area (Å²) in [6.45, 7) is 0.676. The number of nitrogens with zero attached hydrogens (tertiary/aromatic N) is 2. The van der Waals surface area contributed by atoms with E-state index in [1.165, 1.54) is 6.08 Å². The zero-order valence-corrected chi connectivity index (χ0v) is 14.5. The molecule has 116 valence electrons. The summed E-state index contributed by atoms with van der Waals surface area (Å²) in [7, 11) is 0. The largest absolute Gasteiger partial charge is 0.320 e. The molecule has 3 aromatic rings. The van der Waals surface area contributed by atoms with E-state index in [0.717, 1.165) is 14.2 Å². The Balaban J connectivity index is 1.58. The van der Waals surface area contributed by atoms with Crippen molar-refractivity contribution in [3.63, 3.8) is 0 Å². The van der Waals surface area contributed by atoms with E-state index in [-0.39, 0.29) is 5.91 Å². The molecule has 0 saturated heterocycles. The normalized spacial score (nSPS) is 11.0. The van der Waals surface area contributed by atoms with E-state index in [2.05, 4.69) is 26.3 Å². The van der Waals surface area contributed by atoms with Gasteiger partial charge < -0.3 is 5.32 Å². The van der Waals surface area contributed by atoms with Gasteiger partial charge in [0, 0.05) is 17.2 Å². The first-order valence-electron chi connectivity index (χ1n) is 7.00. The highest BCUT2D eigenvalue weighted by molar-refractivity contribution is 9.11. The van der Waals surface area contributed by atoms with Crippen LogP contribution in [0.5, 0.6) is 0 Å². The molecule has 0 fully saturated rings. The number of nitrogens with one attached hydrogen (secondary N) is 1. The number of halogens is 1. The number of carbonyl (C=O) groups excluding carboxylic acids is 1. The first-order valence-corrected chi connectivity index (χ1v) is 8.61. The molecule has 6 heteroatoms. The van der Waals surface area contributed by atoms with Gasteiger partial charge in [0.05, 0.1) is 22.2 Å². The van der Waals surface area contributed by atoms with Crippen LogP contribution in [-0.2, 0) is 11.3 Å². The summed E-state index contributed by atoms with van der Waals surface area (Å²) >= 11 is 4.97. The second kappa shape index (κ2) is 7.39. The molecular formula is C17H14BrN3OS. The maximum Gasteiger partial charge on any atom is 0.248 e. The average Bonchev–Trinajstić information content (AvgIpc) is 3.15. The van der Waals surface area contributed by atoms with Gasteiger partial charge in [-0.3, -0.25) is 9.48 Å². The van der Waals surface area contributed by atoms with Crippen molar-refractivity contribution < 1.29 is 4.79 Å². The number of carbonyl (C=O) groups is 1. The molecule has 4 nitrogen and oxygen atoms in total. The van der Waals surface area contributed by atoms with Crippen molar-refractivity contribution in [2.45, 2.75) is 6.54 Å².